The number of rotatable bonds is 13. The van der Waals surface area contributed by atoms with Crippen LogP contribution in [0.3, 0.4) is 0 Å². The minimum absolute atomic E-state index is 0. The Hall–Kier alpha value is -12.8. The number of hydrogen-bond donors (Lipinski definition) is 0. The summed E-state index contributed by atoms with van der Waals surface area (Å²) in [6, 6.07) is 57.5. The maximum absolute atomic E-state index is 7.44. The van der Waals surface area contributed by atoms with Crippen molar-refractivity contribution in [1.82, 2.24) is 39.5 Å². The van der Waals surface area contributed by atoms with Gasteiger partial charge in [0.05, 0.1) is 21.3 Å². The first-order valence-electron chi connectivity index (χ1n) is 39.5. The van der Waals surface area contributed by atoms with E-state index in [1.165, 1.54) is 12.1 Å². The SMILES string of the molecule is C1=C[N-]C(=C2C=CC=C[N-]2)C=C1.CC=[N-].CC=[N-].CC=[N-].CC=[N-].CN1C=CN(c2cccc(N3C=CN(C)[CH-]3)n2)[CH-]1.COc1cc(N2C=CN(C)[CH-]2)nc(N2C=CN(C)[CH-]2)c1.COc1cc(N2C=CN(c3ccccc3)[CH-]2)nc(N2C=CN(c3ccccc3)[CH-]2)c1.COc1cc(N2[CH-]N(C)c3ccccc32)nc(N2[CH-]N(C)c3ccccc32)c1.[CH2-]C#N.[CH2-]C#N.[CH3-].[Cl][Ru].[Cl][Ru].[Cl][Ru].[Ru+5]. The zero-order valence-corrected chi connectivity index (χ0v) is 85.5. The third kappa shape index (κ3) is 36.0. The Morgan fingerprint density at radius 2 is 0.582 bits per heavy atom. The monoisotopic (exact) mass is 2210 g/mol. The molecule has 0 saturated heterocycles. The Balaban J connectivity index is 0.000000413. The van der Waals surface area contributed by atoms with E-state index in [4.69, 9.17) is 56.3 Å². The molecule has 10 aliphatic rings. The number of hydrogen-bond acceptors (Lipinski definition) is 25. The fourth-order valence-corrected chi connectivity index (χ4v) is 12.0. The minimum Gasteiger partial charge on any atom is 5.00 e. The average molecular weight is 2210 g/mol. The molecule has 10 aliphatic heterocycles. The summed E-state index contributed by atoms with van der Waals surface area (Å²) in [5, 5.41) is 52.6. The van der Waals surface area contributed by atoms with Crippen molar-refractivity contribution in [1.29, 1.82) is 10.5 Å². The first-order valence-corrected chi connectivity index (χ1v) is 46.3. The molecule has 0 unspecified atom stereocenters. The summed E-state index contributed by atoms with van der Waals surface area (Å²) < 4.78 is 16.5. The van der Waals surface area contributed by atoms with Gasteiger partial charge in [0.25, 0.3) is 0 Å². The van der Waals surface area contributed by atoms with Gasteiger partial charge in [-0.15, -0.1) is 65.5 Å². The van der Waals surface area contributed by atoms with Crippen LogP contribution in [0.1, 0.15) is 27.7 Å². The van der Waals surface area contributed by atoms with Crippen LogP contribution in [0.15, 0.2) is 298 Å². The summed E-state index contributed by atoms with van der Waals surface area (Å²) >= 11 is 5.47. The Labute approximate surface area is 848 Å². The molecule has 4 aromatic heterocycles. The first kappa shape index (κ1) is 115. The molecule has 0 aliphatic carbocycles. The van der Waals surface area contributed by atoms with Crippen LogP contribution in [0.5, 0.6) is 17.2 Å². The van der Waals surface area contributed by atoms with E-state index in [1.807, 2.05) is 423 Å². The quantitative estimate of drug-likeness (QED) is 0.0588. The van der Waals surface area contributed by atoms with Gasteiger partial charge in [-0.25, -0.2) is 55.3 Å². The van der Waals surface area contributed by atoms with Gasteiger partial charge in [0.1, 0.15) is 63.8 Å². The number of halogens is 3. The number of para-hydroxylation sites is 6. The number of fused-ring (bicyclic) bond motifs is 2. The maximum atomic E-state index is 7.44. The van der Waals surface area contributed by atoms with E-state index < -0.39 is 0 Å². The van der Waals surface area contributed by atoms with Gasteiger partial charge in [-0.3, -0.25) is 0 Å². The molecule has 0 atom stereocenters. The van der Waals surface area contributed by atoms with Crippen molar-refractivity contribution in [3.05, 3.63) is 405 Å². The standard InChI is InChI=1S/C24H21N5O.C22H21N5O.C14H17N5O.C13H15N5.C10H8N2.4C2H4N.2C2H2N.CH3.3ClH.4Ru/c1-30-22-16-23(28-14-12-26(18-28)20-8-4-2-5-9-20)25-24(17-22)29-15-13-27(19-29)21-10-6-3-7-11-21;1-24-14-26(19-10-6-4-8-17(19)24)21-12-16(28-3)13-22(23-21)27-15-25(2)18-9-5-7-11-20(18)27;1-16-4-6-18(10-16)13-8-12(20-3)9-14(15-13)19-7-5-17(2)11-19;1-15-6-8-17(10-15)12-4-3-5-13(14-12)18-9-7-16(2)11-18;1-3-7-11-9(5-1)10-6-2-4-8-12-10;6*1-2-3;;;;;;;;/h2-19H,1H3;4-15H,1-3H3;4-11H,1-3H3;3-11H,1-2H3;1-8H;4*2H,1H3;2*1H2;1H3;3*1H;;;;/q5*-2;7*-1;;;;3*+1;+5/p-3. The molecule has 0 N–H and O–H groups in total. The van der Waals surface area contributed by atoms with Gasteiger partial charge in [-0.05, 0) is 177 Å². The number of allylic oxidation sites excluding steroid dienone is 6. The van der Waals surface area contributed by atoms with Crippen molar-refractivity contribution in [3.8, 4) is 29.4 Å². The Kier molecular flexibility index (Phi) is 55.9. The van der Waals surface area contributed by atoms with Crippen molar-refractivity contribution in [2.24, 2.45) is 0 Å². The van der Waals surface area contributed by atoms with Crippen molar-refractivity contribution in [2.45, 2.75) is 27.7 Å². The summed E-state index contributed by atoms with van der Waals surface area (Å²) in [4.78, 5) is 51.4. The van der Waals surface area contributed by atoms with Crippen LogP contribution in [-0.2, 0) is 71.4 Å². The third-order valence-corrected chi connectivity index (χ3v) is 17.5. The molecular weight excluding hydrogens is 2100 g/mol. The van der Waals surface area contributed by atoms with Crippen LogP contribution in [0.2, 0.25) is 0 Å². The molecular formula is C96H105Cl3N28O3Ru4-12. The van der Waals surface area contributed by atoms with Crippen LogP contribution < -0.4 is 73.0 Å². The molecule has 18 rings (SSSR count). The molecule has 0 spiro atoms. The molecule has 0 fully saturated rings. The molecule has 38 heteroatoms. The maximum Gasteiger partial charge on any atom is 5.00 e. The topological polar surface area (TPSA) is 296 Å². The molecule has 4 aromatic carbocycles. The summed E-state index contributed by atoms with van der Waals surface area (Å²) in [5.41, 5.74) is 8.50. The molecule has 31 nitrogen and oxygen atoms in total. The number of anilines is 14. The second-order valence-corrected chi connectivity index (χ2v) is 26.5. The second kappa shape index (κ2) is 64.9. The van der Waals surface area contributed by atoms with Gasteiger partial charge in [-0.2, -0.15) is 23.8 Å². The van der Waals surface area contributed by atoms with Crippen molar-refractivity contribution in [2.75, 3.05) is 122 Å². The number of pyridine rings is 4. The molecule has 1 radical (unpaired) electrons. The van der Waals surface area contributed by atoms with Crippen LogP contribution in [0.4, 0.5) is 80.7 Å². The smallest absolute Gasteiger partial charge is 5.00 e. The Bertz CT molecular complexity index is 5000. The Morgan fingerprint density at radius 1 is 0.343 bits per heavy atom. The van der Waals surface area contributed by atoms with E-state index in [2.05, 4.69) is 141 Å². The molecule has 134 heavy (non-hydrogen) atoms. The van der Waals surface area contributed by atoms with Crippen LogP contribution in [0, 0.1) is 97.3 Å². The molecule has 0 amide bonds. The second-order valence-electron chi connectivity index (χ2n) is 26.5. The number of methoxy groups -OCH3 is 3. The molecule has 14 heterocycles. The number of nitriles is 2. The zero-order valence-electron chi connectivity index (χ0n) is 76.3. The summed E-state index contributed by atoms with van der Waals surface area (Å²) in [7, 11) is 30.7. The van der Waals surface area contributed by atoms with Crippen LogP contribution in [0.25, 0.3) is 32.3 Å². The van der Waals surface area contributed by atoms with Crippen molar-refractivity contribution in [3.63, 3.8) is 0 Å². The van der Waals surface area contributed by atoms with E-state index in [0.29, 0.717) is 0 Å². The van der Waals surface area contributed by atoms with E-state index in [9.17, 15) is 0 Å². The number of benzene rings is 4. The van der Waals surface area contributed by atoms with Gasteiger partial charge >= 0.3 is 100 Å². The zero-order chi connectivity index (χ0) is 96.7. The number of ether oxygens (including phenoxy) is 3. The number of nitrogens with zero attached hydrogens (tertiary/aromatic N) is 28. The summed E-state index contributed by atoms with van der Waals surface area (Å²) in [6.45, 7) is 27.8. The number of aromatic nitrogens is 4. The van der Waals surface area contributed by atoms with Crippen LogP contribution in [-0.4, -0.2) is 128 Å². The van der Waals surface area contributed by atoms with Crippen molar-refractivity contribution < 1.29 is 85.6 Å². The summed E-state index contributed by atoms with van der Waals surface area (Å²) in [5.74, 6) is 8.91. The normalized spacial score (nSPS) is 14.6. The molecule has 0 saturated carbocycles. The molecule has 0 bridgehead atoms. The third-order valence-electron chi connectivity index (χ3n) is 17.5. The van der Waals surface area contributed by atoms with Gasteiger partial charge in [0, 0.05) is 70.5 Å². The largest absolute Gasteiger partial charge is 5.00 e. The van der Waals surface area contributed by atoms with E-state index >= 15 is 0 Å². The minimum atomic E-state index is 0. The molecule has 712 valence electrons. The van der Waals surface area contributed by atoms with E-state index in [1.54, 1.807) is 61.4 Å². The fraction of sp³-hybridized carbons (Fsp3) is 0.135. The fourth-order valence-electron chi connectivity index (χ4n) is 12.0. The van der Waals surface area contributed by atoms with E-state index in [-0.39, 0.29) is 26.9 Å². The van der Waals surface area contributed by atoms with Gasteiger partial charge in [0.2, 0.25) is 0 Å². The van der Waals surface area contributed by atoms with Gasteiger partial charge < -0.3 is 146 Å². The Morgan fingerprint density at radius 3 is 0.851 bits per heavy atom. The van der Waals surface area contributed by atoms with Gasteiger partial charge in [0.15, 0.2) is 0 Å². The predicted molar refractivity (Wildman–Crippen MR) is 540 cm³/mol. The predicted octanol–water partition coefficient (Wildman–Crippen LogP) is 21.9. The first-order chi connectivity index (χ1) is 64.3. The van der Waals surface area contributed by atoms with Gasteiger partial charge in [-0.1, -0.05) is 131 Å². The van der Waals surface area contributed by atoms with Crippen molar-refractivity contribution >= 4 is 135 Å². The van der Waals surface area contributed by atoms with E-state index in [0.717, 1.165) is 134 Å². The summed E-state index contributed by atoms with van der Waals surface area (Å²) in [6.07, 6.45) is 42.9. The van der Waals surface area contributed by atoms with Crippen LogP contribution >= 0.6 is 29.1 Å². The molecule has 8 aromatic rings. The average Bonchev–Trinajstić information content (AvgIpc) is 1.61.